The number of hydrogen-bond donors (Lipinski definition) is 3. The Kier molecular flexibility index (Phi) is 10.6. The van der Waals surface area contributed by atoms with E-state index in [2.05, 4.69) is 34.8 Å². The van der Waals surface area contributed by atoms with Gasteiger partial charge in [0.2, 0.25) is 0 Å². The van der Waals surface area contributed by atoms with Crippen molar-refractivity contribution in [2.45, 2.75) is 40.2 Å². The van der Waals surface area contributed by atoms with Gasteiger partial charge >= 0.3 is 6.09 Å². The summed E-state index contributed by atoms with van der Waals surface area (Å²) in [6.45, 7) is 9.34. The van der Waals surface area contributed by atoms with Gasteiger partial charge in [-0.3, -0.25) is 4.99 Å². The average molecular weight is 395 g/mol. The molecular formula is C20H34N4O4. The number of ether oxygens (including phenoxy) is 3. The summed E-state index contributed by atoms with van der Waals surface area (Å²) in [7, 11) is 3.30. The molecule has 0 aliphatic carbocycles. The molecule has 1 amide bonds. The number of guanidine groups is 1. The maximum absolute atomic E-state index is 11.8. The summed E-state index contributed by atoms with van der Waals surface area (Å²) in [5.74, 6) is 2.35. The molecule has 158 valence electrons. The molecule has 0 aliphatic rings. The highest BCUT2D eigenvalue weighted by Gasteiger charge is 2.15. The van der Waals surface area contributed by atoms with Crippen molar-refractivity contribution in [2.75, 3.05) is 39.2 Å². The Hall–Kier alpha value is -2.64. The predicted molar refractivity (Wildman–Crippen MR) is 113 cm³/mol. The lowest BCUT2D eigenvalue weighted by Crippen LogP contribution is -2.46. The van der Waals surface area contributed by atoms with Gasteiger partial charge in [-0.15, -0.1) is 0 Å². The van der Waals surface area contributed by atoms with Crippen LogP contribution in [0.2, 0.25) is 0 Å². The first-order valence-electron chi connectivity index (χ1n) is 9.65. The molecule has 0 radical (unpaired) electrons. The molecule has 0 aromatic heterocycles. The Bertz CT molecular complexity index is 635. The zero-order chi connectivity index (χ0) is 20.9. The zero-order valence-electron chi connectivity index (χ0n) is 17.8. The normalized spacial score (nSPS) is 12.3. The van der Waals surface area contributed by atoms with E-state index in [-0.39, 0.29) is 6.04 Å². The third kappa shape index (κ3) is 8.37. The van der Waals surface area contributed by atoms with E-state index in [1.807, 2.05) is 25.1 Å². The monoisotopic (exact) mass is 394 g/mol. The number of carbonyl (C=O) groups excluding carboxylic acids is 1. The van der Waals surface area contributed by atoms with Crippen LogP contribution in [0, 0.1) is 5.92 Å². The highest BCUT2D eigenvalue weighted by atomic mass is 16.5. The van der Waals surface area contributed by atoms with E-state index < -0.39 is 6.09 Å². The first-order valence-corrected chi connectivity index (χ1v) is 9.65. The van der Waals surface area contributed by atoms with E-state index in [4.69, 9.17) is 14.2 Å². The van der Waals surface area contributed by atoms with E-state index in [1.165, 1.54) is 0 Å². The van der Waals surface area contributed by atoms with Crippen molar-refractivity contribution < 1.29 is 19.0 Å². The van der Waals surface area contributed by atoms with Gasteiger partial charge in [-0.05, 0) is 38.3 Å². The first-order chi connectivity index (χ1) is 13.4. The van der Waals surface area contributed by atoms with Gasteiger partial charge < -0.3 is 30.2 Å². The molecule has 8 nitrogen and oxygen atoms in total. The molecule has 28 heavy (non-hydrogen) atoms. The van der Waals surface area contributed by atoms with Crippen molar-refractivity contribution in [3.63, 3.8) is 0 Å². The van der Waals surface area contributed by atoms with Crippen molar-refractivity contribution in [2.24, 2.45) is 10.9 Å². The number of methoxy groups -OCH3 is 1. The number of anilines is 1. The number of alkyl carbamates (subject to hydrolysis) is 1. The van der Waals surface area contributed by atoms with Crippen molar-refractivity contribution >= 4 is 17.7 Å². The SMILES string of the molecule is CCOC(=O)NC(CNC(=NC)Nc1ccc(OC)c(OCC)c1)CC(C)C. The molecule has 0 aliphatic heterocycles. The van der Waals surface area contributed by atoms with Gasteiger partial charge in [0.1, 0.15) is 0 Å². The Morgan fingerprint density at radius 1 is 1.18 bits per heavy atom. The van der Waals surface area contributed by atoms with E-state index in [9.17, 15) is 4.79 Å². The topological polar surface area (TPSA) is 93.2 Å². The molecule has 3 N–H and O–H groups in total. The van der Waals surface area contributed by atoms with Crippen molar-refractivity contribution in [1.82, 2.24) is 10.6 Å². The molecule has 0 fully saturated rings. The minimum atomic E-state index is -0.408. The summed E-state index contributed by atoms with van der Waals surface area (Å²) in [4.78, 5) is 16.0. The lowest BCUT2D eigenvalue weighted by Gasteiger charge is -2.22. The van der Waals surface area contributed by atoms with Crippen LogP contribution in [-0.2, 0) is 4.74 Å². The zero-order valence-corrected chi connectivity index (χ0v) is 17.8. The van der Waals surface area contributed by atoms with Crippen LogP contribution in [-0.4, -0.2) is 52.0 Å². The molecule has 8 heteroatoms. The standard InChI is InChI=1S/C20H34N4O4/c1-7-27-18-12-15(9-10-17(18)26-6)23-19(21-5)22-13-16(11-14(3)4)24-20(25)28-8-2/h9-10,12,14,16H,7-8,11,13H2,1-6H3,(H,24,25)(H2,21,22,23). The largest absolute Gasteiger partial charge is 0.493 e. The van der Waals surface area contributed by atoms with E-state index in [0.717, 1.165) is 12.1 Å². The molecule has 0 saturated heterocycles. The second-order valence-electron chi connectivity index (χ2n) is 6.57. The van der Waals surface area contributed by atoms with Crippen LogP contribution >= 0.6 is 0 Å². The van der Waals surface area contributed by atoms with Gasteiger partial charge in [-0.1, -0.05) is 13.8 Å². The quantitative estimate of drug-likeness (QED) is 0.417. The van der Waals surface area contributed by atoms with Crippen LogP contribution in [0.1, 0.15) is 34.1 Å². The molecule has 0 bridgehead atoms. The van der Waals surface area contributed by atoms with Crippen LogP contribution in [0.3, 0.4) is 0 Å². The van der Waals surface area contributed by atoms with Gasteiger partial charge in [0, 0.05) is 31.4 Å². The third-order valence-electron chi connectivity index (χ3n) is 3.82. The second kappa shape index (κ2) is 12.7. The lowest BCUT2D eigenvalue weighted by molar-refractivity contribution is 0.146. The highest BCUT2D eigenvalue weighted by Crippen LogP contribution is 2.30. The number of aliphatic imine (C=N–C) groups is 1. The Morgan fingerprint density at radius 3 is 2.50 bits per heavy atom. The first kappa shape index (κ1) is 23.4. The molecule has 0 heterocycles. The van der Waals surface area contributed by atoms with Gasteiger partial charge in [0.05, 0.1) is 20.3 Å². The van der Waals surface area contributed by atoms with E-state index >= 15 is 0 Å². The van der Waals surface area contributed by atoms with Crippen LogP contribution in [0.25, 0.3) is 0 Å². The van der Waals surface area contributed by atoms with Crippen LogP contribution in [0.5, 0.6) is 11.5 Å². The molecule has 1 rings (SSSR count). The molecule has 0 saturated carbocycles. The smallest absolute Gasteiger partial charge is 0.407 e. The Morgan fingerprint density at radius 2 is 1.93 bits per heavy atom. The fourth-order valence-corrected chi connectivity index (χ4v) is 2.66. The summed E-state index contributed by atoms with van der Waals surface area (Å²) in [5.41, 5.74) is 0.816. The van der Waals surface area contributed by atoms with Crippen LogP contribution in [0.4, 0.5) is 10.5 Å². The predicted octanol–water partition coefficient (Wildman–Crippen LogP) is 3.24. The molecule has 1 aromatic rings. The minimum Gasteiger partial charge on any atom is -0.493 e. The molecule has 1 unspecified atom stereocenters. The van der Waals surface area contributed by atoms with Gasteiger partial charge in [-0.2, -0.15) is 0 Å². The number of rotatable bonds is 10. The van der Waals surface area contributed by atoms with E-state index in [0.29, 0.717) is 43.1 Å². The average Bonchev–Trinajstić information content (AvgIpc) is 2.65. The summed E-state index contributed by atoms with van der Waals surface area (Å²) < 4.78 is 15.9. The maximum atomic E-state index is 11.8. The summed E-state index contributed by atoms with van der Waals surface area (Å²) in [5, 5.41) is 9.36. The third-order valence-corrected chi connectivity index (χ3v) is 3.82. The number of hydrogen-bond acceptors (Lipinski definition) is 5. The van der Waals surface area contributed by atoms with Crippen molar-refractivity contribution in [3.8, 4) is 11.5 Å². The van der Waals surface area contributed by atoms with E-state index in [1.54, 1.807) is 21.1 Å². The summed E-state index contributed by atoms with van der Waals surface area (Å²) in [6, 6.07) is 5.51. The van der Waals surface area contributed by atoms with Crippen molar-refractivity contribution in [1.29, 1.82) is 0 Å². The van der Waals surface area contributed by atoms with Gasteiger partial charge in [0.25, 0.3) is 0 Å². The number of nitrogens with zero attached hydrogens (tertiary/aromatic N) is 1. The maximum Gasteiger partial charge on any atom is 0.407 e. The second-order valence-corrected chi connectivity index (χ2v) is 6.57. The molecule has 0 spiro atoms. The van der Waals surface area contributed by atoms with Crippen LogP contribution < -0.4 is 25.4 Å². The summed E-state index contributed by atoms with van der Waals surface area (Å²) >= 11 is 0. The Labute approximate surface area is 168 Å². The fourth-order valence-electron chi connectivity index (χ4n) is 2.66. The Balaban J connectivity index is 2.74. The van der Waals surface area contributed by atoms with Crippen molar-refractivity contribution in [3.05, 3.63) is 18.2 Å². The minimum absolute atomic E-state index is 0.0764. The fraction of sp³-hybridized carbons (Fsp3) is 0.600. The lowest BCUT2D eigenvalue weighted by atomic mass is 10.0. The van der Waals surface area contributed by atoms with Crippen LogP contribution in [0.15, 0.2) is 23.2 Å². The molecular weight excluding hydrogens is 360 g/mol. The van der Waals surface area contributed by atoms with Gasteiger partial charge in [-0.25, -0.2) is 4.79 Å². The number of benzene rings is 1. The summed E-state index contributed by atoms with van der Waals surface area (Å²) in [6.07, 6.45) is 0.411. The number of amides is 1. The number of nitrogens with one attached hydrogen (secondary N) is 3. The van der Waals surface area contributed by atoms with Gasteiger partial charge in [0.15, 0.2) is 17.5 Å². The highest BCUT2D eigenvalue weighted by molar-refractivity contribution is 5.93. The molecule has 1 atom stereocenters. The molecule has 1 aromatic carbocycles. The number of carbonyl (C=O) groups is 1.